The summed E-state index contributed by atoms with van der Waals surface area (Å²) < 4.78 is 0. The van der Waals surface area contributed by atoms with Crippen LogP contribution in [0.3, 0.4) is 0 Å². The van der Waals surface area contributed by atoms with Crippen molar-refractivity contribution in [2.24, 2.45) is 0 Å². The van der Waals surface area contributed by atoms with Gasteiger partial charge in [-0.05, 0) is 17.7 Å². The summed E-state index contributed by atoms with van der Waals surface area (Å²) >= 11 is 0. The van der Waals surface area contributed by atoms with E-state index in [1.54, 1.807) is 6.07 Å². The Balaban J connectivity index is 2.51. The number of benzene rings is 1. The molecule has 0 saturated carbocycles. The highest BCUT2D eigenvalue weighted by Gasteiger charge is 2.18. The minimum Gasteiger partial charge on any atom is -0.478 e. The summed E-state index contributed by atoms with van der Waals surface area (Å²) in [6.07, 6.45) is 0. The molecule has 1 radical (unpaired) electrons. The molecule has 0 bridgehead atoms. The number of hydrogen-bond acceptors (Lipinski definition) is 2. The summed E-state index contributed by atoms with van der Waals surface area (Å²) in [6.45, 7) is 0.390. The number of carboxylic acid groups (broad SMARTS) is 1. The van der Waals surface area contributed by atoms with Crippen LogP contribution in [-0.4, -0.2) is 17.0 Å². The summed E-state index contributed by atoms with van der Waals surface area (Å²) in [4.78, 5) is 21.9. The molecule has 0 aromatic heterocycles. The third-order valence-corrected chi connectivity index (χ3v) is 2.03. The standard InChI is InChI=1S/C9H7N2O3/c12-8-7-3-5(9(13)14)1-2-6(7)4-10-11-8/h1-3H,4H2,(H,11,12)(H,13,14). The number of carboxylic acids is 1. The van der Waals surface area contributed by atoms with Gasteiger partial charge in [0.1, 0.15) is 0 Å². The Kier molecular flexibility index (Phi) is 1.94. The van der Waals surface area contributed by atoms with E-state index in [0.717, 1.165) is 5.56 Å². The molecule has 5 nitrogen and oxygen atoms in total. The Morgan fingerprint density at radius 1 is 1.50 bits per heavy atom. The zero-order valence-electron chi connectivity index (χ0n) is 7.15. The highest BCUT2D eigenvalue weighted by atomic mass is 16.4. The van der Waals surface area contributed by atoms with Crippen molar-refractivity contribution in [3.63, 3.8) is 0 Å². The molecule has 0 aliphatic carbocycles. The number of carbonyl (C=O) groups excluding carboxylic acids is 1. The van der Waals surface area contributed by atoms with Crippen molar-refractivity contribution in [3.8, 4) is 0 Å². The first-order valence-electron chi connectivity index (χ1n) is 4.01. The zero-order valence-corrected chi connectivity index (χ0v) is 7.15. The fourth-order valence-electron chi connectivity index (χ4n) is 1.32. The summed E-state index contributed by atoms with van der Waals surface area (Å²) in [5, 5.41) is 8.72. The van der Waals surface area contributed by atoms with Gasteiger partial charge in [0.05, 0.1) is 12.1 Å². The Labute approximate surface area is 79.7 Å². The molecule has 2 rings (SSSR count). The molecule has 0 saturated heterocycles. The minimum absolute atomic E-state index is 0.112. The number of fused-ring (bicyclic) bond motifs is 1. The molecule has 1 aromatic rings. The predicted molar refractivity (Wildman–Crippen MR) is 46.7 cm³/mol. The average molecular weight is 191 g/mol. The van der Waals surface area contributed by atoms with E-state index in [9.17, 15) is 9.59 Å². The van der Waals surface area contributed by atoms with Gasteiger partial charge in [0.2, 0.25) is 0 Å². The summed E-state index contributed by atoms with van der Waals surface area (Å²) in [5.41, 5.74) is 7.27. The molecule has 0 spiro atoms. The molecular weight excluding hydrogens is 184 g/mol. The Morgan fingerprint density at radius 3 is 3.00 bits per heavy atom. The highest BCUT2D eigenvalue weighted by molar-refractivity contribution is 5.99. The van der Waals surface area contributed by atoms with Crippen LogP contribution in [0.1, 0.15) is 26.3 Å². The Hall–Kier alpha value is -1.88. The van der Waals surface area contributed by atoms with Gasteiger partial charge >= 0.3 is 5.97 Å². The number of aromatic carboxylic acids is 1. The van der Waals surface area contributed by atoms with Gasteiger partial charge in [0, 0.05) is 5.56 Å². The average Bonchev–Trinajstić information content (AvgIpc) is 2.18. The summed E-state index contributed by atoms with van der Waals surface area (Å²) in [5.74, 6) is -1.39. The van der Waals surface area contributed by atoms with Crippen molar-refractivity contribution in [2.45, 2.75) is 6.54 Å². The molecule has 1 aliphatic heterocycles. The van der Waals surface area contributed by atoms with E-state index in [1.165, 1.54) is 12.1 Å². The van der Waals surface area contributed by atoms with Crippen molar-refractivity contribution in [1.82, 2.24) is 10.9 Å². The molecule has 0 atom stereocenters. The van der Waals surface area contributed by atoms with Crippen LogP contribution in [0.2, 0.25) is 0 Å². The van der Waals surface area contributed by atoms with E-state index in [-0.39, 0.29) is 11.5 Å². The van der Waals surface area contributed by atoms with E-state index < -0.39 is 5.97 Å². The predicted octanol–water partition coefficient (Wildman–Crippen LogP) is 0.148. The van der Waals surface area contributed by atoms with Crippen LogP contribution >= 0.6 is 0 Å². The van der Waals surface area contributed by atoms with E-state index >= 15 is 0 Å². The van der Waals surface area contributed by atoms with Gasteiger partial charge in [0.15, 0.2) is 0 Å². The smallest absolute Gasteiger partial charge is 0.335 e. The summed E-state index contributed by atoms with van der Waals surface area (Å²) in [7, 11) is 0. The largest absolute Gasteiger partial charge is 0.478 e. The third-order valence-electron chi connectivity index (χ3n) is 2.03. The molecule has 71 valence electrons. The van der Waals surface area contributed by atoms with Crippen molar-refractivity contribution >= 4 is 11.9 Å². The van der Waals surface area contributed by atoms with Crippen molar-refractivity contribution in [3.05, 3.63) is 34.9 Å². The van der Waals surface area contributed by atoms with Gasteiger partial charge in [0.25, 0.3) is 5.91 Å². The Bertz CT molecular complexity index is 415. The first-order chi connectivity index (χ1) is 6.68. The number of carbonyl (C=O) groups is 2. The SMILES string of the molecule is O=C(O)c1ccc2c(c1)C(=O)N[N]C2. The monoisotopic (exact) mass is 191 g/mol. The number of rotatable bonds is 1. The lowest BCUT2D eigenvalue weighted by Crippen LogP contribution is -2.36. The van der Waals surface area contributed by atoms with E-state index in [0.29, 0.717) is 12.1 Å². The fourth-order valence-corrected chi connectivity index (χ4v) is 1.32. The second kappa shape index (κ2) is 3.12. The van der Waals surface area contributed by atoms with Crippen LogP contribution < -0.4 is 10.9 Å². The van der Waals surface area contributed by atoms with Crippen molar-refractivity contribution in [1.29, 1.82) is 0 Å². The molecule has 1 aromatic carbocycles. The van der Waals surface area contributed by atoms with E-state index in [2.05, 4.69) is 10.9 Å². The topological polar surface area (TPSA) is 80.5 Å². The van der Waals surface area contributed by atoms with Gasteiger partial charge in [-0.3, -0.25) is 10.2 Å². The van der Waals surface area contributed by atoms with Gasteiger partial charge < -0.3 is 5.11 Å². The zero-order chi connectivity index (χ0) is 10.1. The summed E-state index contributed by atoms with van der Waals surface area (Å²) in [6, 6.07) is 4.44. The second-order valence-corrected chi connectivity index (χ2v) is 2.93. The molecule has 1 heterocycles. The van der Waals surface area contributed by atoms with Crippen LogP contribution in [0.15, 0.2) is 18.2 Å². The molecular formula is C9H7N2O3. The lowest BCUT2D eigenvalue weighted by Gasteiger charge is -2.15. The van der Waals surface area contributed by atoms with E-state index in [4.69, 9.17) is 5.11 Å². The lowest BCUT2D eigenvalue weighted by atomic mass is 10.0. The normalized spacial score (nSPS) is 14.4. The quantitative estimate of drug-likeness (QED) is 0.662. The maximum Gasteiger partial charge on any atom is 0.335 e. The van der Waals surface area contributed by atoms with Crippen LogP contribution in [-0.2, 0) is 6.54 Å². The Morgan fingerprint density at radius 2 is 2.29 bits per heavy atom. The number of hydrogen-bond donors (Lipinski definition) is 2. The van der Waals surface area contributed by atoms with Crippen LogP contribution in [0.4, 0.5) is 0 Å². The van der Waals surface area contributed by atoms with Crippen LogP contribution in [0.5, 0.6) is 0 Å². The molecule has 1 aliphatic rings. The van der Waals surface area contributed by atoms with Gasteiger partial charge in [-0.1, -0.05) is 6.07 Å². The number of amides is 1. The van der Waals surface area contributed by atoms with Crippen LogP contribution in [0.25, 0.3) is 0 Å². The number of nitrogens with zero attached hydrogens (tertiary/aromatic N) is 1. The molecule has 1 amide bonds. The van der Waals surface area contributed by atoms with Crippen molar-refractivity contribution < 1.29 is 14.7 Å². The molecule has 0 fully saturated rings. The molecule has 2 N–H and O–H groups in total. The van der Waals surface area contributed by atoms with Gasteiger partial charge in [-0.2, -0.15) is 0 Å². The highest BCUT2D eigenvalue weighted by Crippen LogP contribution is 2.14. The minimum atomic E-state index is -1.04. The van der Waals surface area contributed by atoms with Crippen LogP contribution in [0, 0.1) is 0 Å². The van der Waals surface area contributed by atoms with Crippen molar-refractivity contribution in [2.75, 3.05) is 0 Å². The molecule has 5 heteroatoms. The van der Waals surface area contributed by atoms with Gasteiger partial charge in [-0.15, -0.1) is 5.43 Å². The maximum absolute atomic E-state index is 11.3. The third kappa shape index (κ3) is 1.33. The fraction of sp³-hybridized carbons (Fsp3) is 0.111. The lowest BCUT2D eigenvalue weighted by molar-refractivity contribution is 0.0697. The number of nitrogens with one attached hydrogen (secondary N) is 1. The first-order valence-corrected chi connectivity index (χ1v) is 4.01. The van der Waals surface area contributed by atoms with E-state index in [1.807, 2.05) is 0 Å². The maximum atomic E-state index is 11.3. The second-order valence-electron chi connectivity index (χ2n) is 2.93. The molecule has 0 unspecified atom stereocenters. The first kappa shape index (κ1) is 8.71. The van der Waals surface area contributed by atoms with Gasteiger partial charge in [-0.25, -0.2) is 4.79 Å². The molecule has 14 heavy (non-hydrogen) atoms.